The van der Waals surface area contributed by atoms with Gasteiger partial charge >= 0.3 is 6.09 Å². The molecule has 0 spiro atoms. The van der Waals surface area contributed by atoms with E-state index >= 15 is 0 Å². The van der Waals surface area contributed by atoms with E-state index in [-0.39, 0.29) is 17.9 Å². The number of thioether (sulfide) groups is 1. The van der Waals surface area contributed by atoms with Gasteiger partial charge in [-0.15, -0.1) is 11.3 Å². The van der Waals surface area contributed by atoms with Crippen molar-refractivity contribution < 1.29 is 14.3 Å². The van der Waals surface area contributed by atoms with Crippen molar-refractivity contribution in [1.82, 2.24) is 14.9 Å². The van der Waals surface area contributed by atoms with E-state index in [1.165, 1.54) is 11.3 Å². The fourth-order valence-corrected chi connectivity index (χ4v) is 5.83. The Balaban J connectivity index is 1.74. The Labute approximate surface area is 187 Å². The number of para-hydroxylation sites is 1. The van der Waals surface area contributed by atoms with Crippen LogP contribution in [0.2, 0.25) is 0 Å². The van der Waals surface area contributed by atoms with E-state index in [1.807, 2.05) is 30.3 Å². The fraction of sp³-hybridized carbons (Fsp3) is 0.364. The molecule has 1 aliphatic rings. The highest BCUT2D eigenvalue weighted by atomic mass is 32.2. The Hall–Kier alpha value is -2.65. The zero-order chi connectivity index (χ0) is 21.8. The summed E-state index contributed by atoms with van der Waals surface area (Å²) in [5.74, 6) is -0.561. The number of carbonyl (C=O) groups is 2. The Bertz CT molecular complexity index is 1170. The van der Waals surface area contributed by atoms with Gasteiger partial charge in [0.25, 0.3) is 5.56 Å². The van der Waals surface area contributed by atoms with Crippen molar-refractivity contribution in [1.29, 1.82) is 0 Å². The molecular formula is C22H23N3O4S2. The number of nitrogens with one attached hydrogen (secondary N) is 1. The highest BCUT2D eigenvalue weighted by Gasteiger charge is 2.22. The average molecular weight is 458 g/mol. The molecule has 0 bridgehead atoms. The maximum Gasteiger partial charge on any atom is 0.413 e. The SMILES string of the molecule is CCOC(=O)NC(=O)CSc1nc2sc3c(c2c(=O)n1-c1ccccc1)CCCCC3. The third kappa shape index (κ3) is 4.67. The van der Waals surface area contributed by atoms with E-state index < -0.39 is 12.0 Å². The van der Waals surface area contributed by atoms with Crippen molar-refractivity contribution in [2.45, 2.75) is 44.2 Å². The van der Waals surface area contributed by atoms with Gasteiger partial charge in [0.2, 0.25) is 5.91 Å². The van der Waals surface area contributed by atoms with E-state index in [0.717, 1.165) is 47.8 Å². The number of amides is 2. The first-order valence-corrected chi connectivity index (χ1v) is 12.1. The maximum absolute atomic E-state index is 13.6. The summed E-state index contributed by atoms with van der Waals surface area (Å²) in [7, 11) is 0. The van der Waals surface area contributed by atoms with Crippen LogP contribution in [0.3, 0.4) is 0 Å². The number of nitrogens with zero attached hydrogens (tertiary/aromatic N) is 2. The second kappa shape index (κ2) is 9.65. The Morgan fingerprint density at radius 2 is 1.97 bits per heavy atom. The lowest BCUT2D eigenvalue weighted by Gasteiger charge is -2.12. The summed E-state index contributed by atoms with van der Waals surface area (Å²) >= 11 is 2.71. The molecule has 1 aromatic carbocycles. The second-order valence-corrected chi connectivity index (χ2v) is 9.20. The molecule has 0 saturated carbocycles. The van der Waals surface area contributed by atoms with Gasteiger partial charge in [0.1, 0.15) is 4.83 Å². The first-order chi connectivity index (χ1) is 15.1. The molecule has 3 aromatic rings. The number of hydrogen-bond donors (Lipinski definition) is 1. The molecule has 1 aliphatic carbocycles. The van der Waals surface area contributed by atoms with Crippen LogP contribution >= 0.6 is 23.1 Å². The third-order valence-electron chi connectivity index (χ3n) is 5.07. The molecule has 0 saturated heterocycles. The zero-order valence-corrected chi connectivity index (χ0v) is 18.8. The first-order valence-electron chi connectivity index (χ1n) is 10.3. The third-order valence-corrected chi connectivity index (χ3v) is 7.20. The van der Waals surface area contributed by atoms with Crippen LogP contribution < -0.4 is 10.9 Å². The number of aryl methyl sites for hydroxylation is 2. The van der Waals surface area contributed by atoms with Gasteiger partial charge in [0.15, 0.2) is 5.16 Å². The number of fused-ring (bicyclic) bond motifs is 3. The lowest BCUT2D eigenvalue weighted by atomic mass is 10.1. The number of carbonyl (C=O) groups excluding carboxylic acids is 2. The van der Waals surface area contributed by atoms with E-state index in [0.29, 0.717) is 16.2 Å². The predicted octanol–water partition coefficient (Wildman–Crippen LogP) is 4.08. The van der Waals surface area contributed by atoms with Gasteiger partial charge in [-0.05, 0) is 50.3 Å². The lowest BCUT2D eigenvalue weighted by Crippen LogP contribution is -2.32. The van der Waals surface area contributed by atoms with Crippen molar-refractivity contribution in [3.8, 4) is 5.69 Å². The molecular weight excluding hydrogens is 434 g/mol. The number of rotatable bonds is 5. The minimum Gasteiger partial charge on any atom is -0.450 e. The average Bonchev–Trinajstić information content (AvgIpc) is 2.94. The van der Waals surface area contributed by atoms with Crippen LogP contribution in [0.5, 0.6) is 0 Å². The van der Waals surface area contributed by atoms with E-state index in [1.54, 1.807) is 22.8 Å². The molecule has 0 unspecified atom stereocenters. The smallest absolute Gasteiger partial charge is 0.413 e. The van der Waals surface area contributed by atoms with Crippen LogP contribution in [0.4, 0.5) is 4.79 Å². The van der Waals surface area contributed by atoms with Crippen LogP contribution in [0.15, 0.2) is 40.3 Å². The topological polar surface area (TPSA) is 90.3 Å². The molecule has 2 heterocycles. The molecule has 31 heavy (non-hydrogen) atoms. The summed E-state index contributed by atoms with van der Waals surface area (Å²) in [4.78, 5) is 44.0. The fourth-order valence-electron chi connectivity index (χ4n) is 3.71. The molecule has 9 heteroatoms. The van der Waals surface area contributed by atoms with Gasteiger partial charge in [0, 0.05) is 4.88 Å². The van der Waals surface area contributed by atoms with Gasteiger partial charge < -0.3 is 4.74 Å². The highest BCUT2D eigenvalue weighted by Crippen LogP contribution is 2.34. The molecule has 0 radical (unpaired) electrons. The van der Waals surface area contributed by atoms with Crippen molar-refractivity contribution in [3.05, 3.63) is 51.1 Å². The van der Waals surface area contributed by atoms with Crippen molar-refractivity contribution >= 4 is 45.3 Å². The van der Waals surface area contributed by atoms with Crippen LogP contribution in [-0.4, -0.2) is 33.9 Å². The highest BCUT2D eigenvalue weighted by molar-refractivity contribution is 7.99. The molecule has 162 valence electrons. The maximum atomic E-state index is 13.6. The summed E-state index contributed by atoms with van der Waals surface area (Å²) in [5.41, 5.74) is 1.73. The van der Waals surface area contributed by atoms with Gasteiger partial charge in [-0.1, -0.05) is 36.4 Å². The quantitative estimate of drug-likeness (QED) is 0.353. The Morgan fingerprint density at radius 1 is 1.19 bits per heavy atom. The number of imide groups is 1. The number of alkyl carbamates (subject to hydrolysis) is 1. The largest absolute Gasteiger partial charge is 0.450 e. The van der Waals surface area contributed by atoms with Crippen LogP contribution in [0, 0.1) is 0 Å². The van der Waals surface area contributed by atoms with Crippen LogP contribution in [-0.2, 0) is 22.4 Å². The van der Waals surface area contributed by atoms with E-state index in [2.05, 4.69) is 5.32 Å². The van der Waals surface area contributed by atoms with Crippen molar-refractivity contribution in [2.24, 2.45) is 0 Å². The molecule has 7 nitrogen and oxygen atoms in total. The first kappa shape index (κ1) is 21.6. The Morgan fingerprint density at radius 3 is 2.74 bits per heavy atom. The minimum atomic E-state index is -0.779. The standard InChI is InChI=1S/C22H23N3O4S2/c1-2-29-22(28)23-17(26)13-30-21-24-19-18(15-11-7-4-8-12-16(15)31-19)20(27)25(21)14-9-5-3-6-10-14/h3,5-6,9-10H,2,4,7-8,11-13H2,1H3,(H,23,26,28). The van der Waals surface area contributed by atoms with Gasteiger partial charge in [-0.2, -0.15) is 0 Å². The number of hydrogen-bond acceptors (Lipinski definition) is 7. The van der Waals surface area contributed by atoms with E-state index in [4.69, 9.17) is 9.72 Å². The summed E-state index contributed by atoms with van der Waals surface area (Å²) < 4.78 is 6.31. The van der Waals surface area contributed by atoms with Crippen LogP contribution in [0.25, 0.3) is 15.9 Å². The number of benzene rings is 1. The molecule has 0 fully saturated rings. The Kier molecular flexibility index (Phi) is 6.72. The molecule has 0 atom stereocenters. The summed E-state index contributed by atoms with van der Waals surface area (Å²) in [6.07, 6.45) is 4.48. The normalized spacial score (nSPS) is 13.5. The monoisotopic (exact) mass is 457 g/mol. The zero-order valence-electron chi connectivity index (χ0n) is 17.2. The van der Waals surface area contributed by atoms with Crippen molar-refractivity contribution in [2.75, 3.05) is 12.4 Å². The summed E-state index contributed by atoms with van der Waals surface area (Å²) in [5, 5.41) is 3.31. The summed E-state index contributed by atoms with van der Waals surface area (Å²) in [6, 6.07) is 9.31. The van der Waals surface area contributed by atoms with Gasteiger partial charge in [0.05, 0.1) is 23.4 Å². The predicted molar refractivity (Wildman–Crippen MR) is 122 cm³/mol. The van der Waals surface area contributed by atoms with Gasteiger partial charge in [-0.3, -0.25) is 19.5 Å². The molecule has 2 amide bonds. The minimum absolute atomic E-state index is 0.0608. The van der Waals surface area contributed by atoms with Crippen molar-refractivity contribution in [3.63, 3.8) is 0 Å². The summed E-state index contributed by atoms with van der Waals surface area (Å²) in [6.45, 7) is 1.85. The molecule has 2 aromatic heterocycles. The number of ether oxygens (including phenoxy) is 1. The van der Waals surface area contributed by atoms with E-state index in [9.17, 15) is 14.4 Å². The number of thiophene rings is 1. The van der Waals surface area contributed by atoms with Crippen LogP contribution in [0.1, 0.15) is 36.6 Å². The second-order valence-electron chi connectivity index (χ2n) is 7.17. The molecule has 1 N–H and O–H groups in total. The molecule has 4 rings (SSSR count). The molecule has 0 aliphatic heterocycles. The number of aromatic nitrogens is 2. The van der Waals surface area contributed by atoms with Gasteiger partial charge in [-0.25, -0.2) is 9.78 Å². The lowest BCUT2D eigenvalue weighted by molar-refractivity contribution is -0.117.